The molecule has 0 bridgehead atoms. The number of methoxy groups -OCH3 is 1. The molecule has 3 rings (SSSR count). The predicted octanol–water partition coefficient (Wildman–Crippen LogP) is 4.85. The topological polar surface area (TPSA) is 42.1 Å². The molecule has 23 heavy (non-hydrogen) atoms. The van der Waals surface area contributed by atoms with Gasteiger partial charge in [0.25, 0.3) is 0 Å². The molecular formula is C20H19NO2. The van der Waals surface area contributed by atoms with Gasteiger partial charge < -0.3 is 9.72 Å². The van der Waals surface area contributed by atoms with Gasteiger partial charge in [0, 0.05) is 18.1 Å². The highest BCUT2D eigenvalue weighted by Gasteiger charge is 2.12. The fraction of sp³-hybridized carbons (Fsp3) is 0.150. The number of ether oxygens (including phenoxy) is 1. The summed E-state index contributed by atoms with van der Waals surface area (Å²) in [5.74, 6) is 0.697. The van der Waals surface area contributed by atoms with Crippen LogP contribution in [0.3, 0.4) is 0 Å². The summed E-state index contributed by atoms with van der Waals surface area (Å²) in [6.45, 7) is 4.13. The van der Waals surface area contributed by atoms with Crippen molar-refractivity contribution in [1.82, 2.24) is 4.98 Å². The zero-order valence-electron chi connectivity index (χ0n) is 13.1. The molecule has 0 aliphatic heterocycles. The monoisotopic (exact) mass is 305 g/mol. The Morgan fingerprint density at radius 2 is 1.96 bits per heavy atom. The van der Waals surface area contributed by atoms with E-state index in [9.17, 15) is 4.79 Å². The number of rotatable bonds is 6. The molecule has 116 valence electrons. The molecular weight excluding hydrogens is 286 g/mol. The van der Waals surface area contributed by atoms with Crippen LogP contribution in [0.5, 0.6) is 5.75 Å². The summed E-state index contributed by atoms with van der Waals surface area (Å²) in [6, 6.07) is 15.5. The number of carbonyl (C=O) groups is 1. The Kier molecular flexibility index (Phi) is 4.29. The van der Waals surface area contributed by atoms with Crippen molar-refractivity contribution in [3.8, 4) is 5.75 Å². The molecule has 0 unspecified atom stereocenters. The van der Waals surface area contributed by atoms with Gasteiger partial charge in [0.15, 0.2) is 5.78 Å². The van der Waals surface area contributed by atoms with E-state index in [-0.39, 0.29) is 5.78 Å². The highest BCUT2D eigenvalue weighted by molar-refractivity contribution is 5.99. The number of H-pyrrole nitrogens is 1. The minimum atomic E-state index is 0.0753. The Bertz CT molecular complexity index is 861. The van der Waals surface area contributed by atoms with Gasteiger partial charge in [-0.1, -0.05) is 24.8 Å². The van der Waals surface area contributed by atoms with Crippen LogP contribution in [0.2, 0.25) is 0 Å². The first kappa shape index (κ1) is 15.1. The average Bonchev–Trinajstić information content (AvgIpc) is 3.06. The van der Waals surface area contributed by atoms with Crippen LogP contribution in [0.15, 0.2) is 61.3 Å². The SMILES string of the molecule is C=C(CCC(=O)c1ccccc1OC)c1ccc2[nH]ccc2c1. The van der Waals surface area contributed by atoms with Crippen LogP contribution in [-0.2, 0) is 0 Å². The minimum absolute atomic E-state index is 0.0753. The molecule has 0 aliphatic rings. The molecule has 0 aliphatic carbocycles. The van der Waals surface area contributed by atoms with Crippen LogP contribution in [0, 0.1) is 0 Å². The summed E-state index contributed by atoms with van der Waals surface area (Å²) < 4.78 is 5.25. The van der Waals surface area contributed by atoms with E-state index in [0.29, 0.717) is 24.2 Å². The van der Waals surface area contributed by atoms with E-state index in [1.54, 1.807) is 13.2 Å². The van der Waals surface area contributed by atoms with Crippen LogP contribution in [0.1, 0.15) is 28.8 Å². The minimum Gasteiger partial charge on any atom is -0.496 e. The Balaban J connectivity index is 1.69. The van der Waals surface area contributed by atoms with Crippen LogP contribution < -0.4 is 4.74 Å². The van der Waals surface area contributed by atoms with Gasteiger partial charge in [0.1, 0.15) is 5.75 Å². The van der Waals surface area contributed by atoms with E-state index >= 15 is 0 Å². The van der Waals surface area contributed by atoms with E-state index < -0.39 is 0 Å². The highest BCUT2D eigenvalue weighted by atomic mass is 16.5. The summed E-state index contributed by atoms with van der Waals surface area (Å²) in [7, 11) is 1.58. The summed E-state index contributed by atoms with van der Waals surface area (Å²) >= 11 is 0. The smallest absolute Gasteiger partial charge is 0.166 e. The van der Waals surface area contributed by atoms with Crippen molar-refractivity contribution in [1.29, 1.82) is 0 Å². The van der Waals surface area contributed by atoms with Crippen LogP contribution in [0.25, 0.3) is 16.5 Å². The average molecular weight is 305 g/mol. The zero-order chi connectivity index (χ0) is 16.2. The molecule has 0 radical (unpaired) electrons. The lowest BCUT2D eigenvalue weighted by atomic mass is 9.98. The number of carbonyl (C=O) groups excluding carboxylic acids is 1. The number of nitrogens with one attached hydrogen (secondary N) is 1. The first-order chi connectivity index (χ1) is 11.2. The molecule has 3 heteroatoms. The number of aromatic nitrogens is 1. The van der Waals surface area contributed by atoms with Crippen LogP contribution in [-0.4, -0.2) is 17.9 Å². The Morgan fingerprint density at radius 1 is 1.13 bits per heavy atom. The Hall–Kier alpha value is -2.81. The molecule has 2 aromatic carbocycles. The summed E-state index contributed by atoms with van der Waals surface area (Å²) in [5, 5.41) is 1.15. The van der Waals surface area contributed by atoms with Crippen molar-refractivity contribution in [3.05, 3.63) is 72.4 Å². The normalized spacial score (nSPS) is 10.7. The molecule has 0 saturated carbocycles. The van der Waals surface area contributed by atoms with E-state index in [4.69, 9.17) is 4.74 Å². The molecule has 1 aromatic heterocycles. The fourth-order valence-electron chi connectivity index (χ4n) is 2.69. The van der Waals surface area contributed by atoms with E-state index in [0.717, 1.165) is 22.0 Å². The largest absolute Gasteiger partial charge is 0.496 e. The molecule has 0 fully saturated rings. The molecule has 0 saturated heterocycles. The van der Waals surface area contributed by atoms with Crippen LogP contribution in [0.4, 0.5) is 0 Å². The summed E-state index contributed by atoms with van der Waals surface area (Å²) in [4.78, 5) is 15.6. The molecule has 0 spiro atoms. The lowest BCUT2D eigenvalue weighted by Crippen LogP contribution is -2.02. The summed E-state index contributed by atoms with van der Waals surface area (Å²) in [5.41, 5.74) is 3.77. The van der Waals surface area contributed by atoms with Gasteiger partial charge in [-0.05, 0) is 53.3 Å². The van der Waals surface area contributed by atoms with Gasteiger partial charge in [-0.3, -0.25) is 4.79 Å². The van der Waals surface area contributed by atoms with Gasteiger partial charge in [0.2, 0.25) is 0 Å². The van der Waals surface area contributed by atoms with Crippen LogP contribution >= 0.6 is 0 Å². The highest BCUT2D eigenvalue weighted by Crippen LogP contribution is 2.25. The van der Waals surface area contributed by atoms with Crippen molar-refractivity contribution in [3.63, 3.8) is 0 Å². The number of fused-ring (bicyclic) bond motifs is 1. The van der Waals surface area contributed by atoms with Gasteiger partial charge in [-0.25, -0.2) is 0 Å². The van der Waals surface area contributed by atoms with Crippen molar-refractivity contribution >= 4 is 22.3 Å². The molecule has 1 N–H and O–H groups in total. The Labute approximate surface area is 135 Å². The second kappa shape index (κ2) is 6.53. The van der Waals surface area contributed by atoms with E-state index in [1.807, 2.05) is 42.6 Å². The first-order valence-electron chi connectivity index (χ1n) is 7.60. The third-order valence-electron chi connectivity index (χ3n) is 4.02. The second-order valence-corrected chi connectivity index (χ2v) is 5.51. The molecule has 0 atom stereocenters. The molecule has 3 nitrogen and oxygen atoms in total. The van der Waals surface area contributed by atoms with Gasteiger partial charge >= 0.3 is 0 Å². The molecule has 1 heterocycles. The van der Waals surface area contributed by atoms with Crippen molar-refractivity contribution in [2.45, 2.75) is 12.8 Å². The van der Waals surface area contributed by atoms with E-state index in [2.05, 4.69) is 17.6 Å². The maximum absolute atomic E-state index is 12.4. The van der Waals surface area contributed by atoms with Crippen molar-refractivity contribution in [2.75, 3.05) is 7.11 Å². The lowest BCUT2D eigenvalue weighted by Gasteiger charge is -2.09. The van der Waals surface area contributed by atoms with Crippen molar-refractivity contribution in [2.24, 2.45) is 0 Å². The molecule has 0 amide bonds. The first-order valence-corrected chi connectivity index (χ1v) is 7.60. The second-order valence-electron chi connectivity index (χ2n) is 5.51. The summed E-state index contributed by atoms with van der Waals surface area (Å²) in [6.07, 6.45) is 2.97. The number of hydrogen-bond donors (Lipinski definition) is 1. The van der Waals surface area contributed by atoms with Gasteiger partial charge in [-0.15, -0.1) is 0 Å². The number of Topliss-reactive ketones (excluding diaryl/α,β-unsaturated/α-hetero) is 1. The zero-order valence-corrected chi connectivity index (χ0v) is 13.1. The standard InChI is InChI=1S/C20H19NO2/c1-14(15-8-9-18-16(13-15)11-12-21-18)7-10-19(22)17-5-3-4-6-20(17)23-2/h3-6,8-9,11-13,21H,1,7,10H2,2H3. The van der Waals surface area contributed by atoms with Gasteiger partial charge in [0.05, 0.1) is 12.7 Å². The fourth-order valence-corrected chi connectivity index (χ4v) is 2.69. The third-order valence-corrected chi connectivity index (χ3v) is 4.02. The van der Waals surface area contributed by atoms with Gasteiger partial charge in [-0.2, -0.15) is 0 Å². The number of aromatic amines is 1. The van der Waals surface area contributed by atoms with E-state index in [1.165, 1.54) is 0 Å². The lowest BCUT2D eigenvalue weighted by molar-refractivity contribution is 0.0981. The quantitative estimate of drug-likeness (QED) is 0.661. The number of hydrogen-bond acceptors (Lipinski definition) is 2. The van der Waals surface area contributed by atoms with Crippen molar-refractivity contribution < 1.29 is 9.53 Å². The third kappa shape index (κ3) is 3.19. The maximum atomic E-state index is 12.4. The Morgan fingerprint density at radius 3 is 2.78 bits per heavy atom. The number of ketones is 1. The number of benzene rings is 2. The number of allylic oxidation sites excluding steroid dienone is 1. The maximum Gasteiger partial charge on any atom is 0.166 e. The number of para-hydroxylation sites is 1. The molecule has 3 aromatic rings. The predicted molar refractivity (Wildman–Crippen MR) is 93.9 cm³/mol.